The van der Waals surface area contributed by atoms with Crippen molar-refractivity contribution in [1.29, 1.82) is 0 Å². The summed E-state index contributed by atoms with van der Waals surface area (Å²) in [5.41, 5.74) is 2.19. The lowest BCUT2D eigenvalue weighted by Crippen LogP contribution is -2.31. The van der Waals surface area contributed by atoms with Crippen molar-refractivity contribution in [2.24, 2.45) is 0 Å². The fourth-order valence-electron chi connectivity index (χ4n) is 1.37. The van der Waals surface area contributed by atoms with Crippen molar-refractivity contribution in [2.45, 2.75) is 26.3 Å². The van der Waals surface area contributed by atoms with E-state index in [1.807, 2.05) is 24.3 Å². The molecular weight excluding hydrogens is 218 g/mol. The summed E-state index contributed by atoms with van der Waals surface area (Å²) >= 11 is 0. The highest BCUT2D eigenvalue weighted by atomic mass is 16.5. The molecule has 0 aromatic heterocycles. The molecule has 0 fully saturated rings. The van der Waals surface area contributed by atoms with E-state index in [0.717, 1.165) is 5.56 Å². The minimum absolute atomic E-state index is 0.326. The minimum Gasteiger partial charge on any atom is -0.462 e. The quantitative estimate of drug-likeness (QED) is 0.639. The largest absolute Gasteiger partial charge is 0.462 e. The molecule has 0 aliphatic heterocycles. The summed E-state index contributed by atoms with van der Waals surface area (Å²) in [7, 11) is 1.18. The number of hydrogen-bond acceptors (Lipinski definition) is 3. The van der Waals surface area contributed by atoms with Crippen LogP contribution in [0.5, 0.6) is 0 Å². The lowest BCUT2D eigenvalue weighted by atomic mass is 10.0. The first-order chi connectivity index (χ1) is 8.04. The third-order valence-electron chi connectivity index (χ3n) is 2.47. The Labute approximate surface area is 101 Å². The zero-order valence-corrected chi connectivity index (χ0v) is 10.3. The van der Waals surface area contributed by atoms with Gasteiger partial charge in [-0.1, -0.05) is 38.1 Å². The Bertz CT molecular complexity index is 396. The first kappa shape index (κ1) is 13.2. The highest BCUT2D eigenvalue weighted by Gasteiger charge is 2.12. The van der Waals surface area contributed by atoms with Gasteiger partial charge in [0.25, 0.3) is 0 Å². The van der Waals surface area contributed by atoms with Gasteiger partial charge in [0.05, 0.1) is 7.11 Å². The summed E-state index contributed by atoms with van der Waals surface area (Å²) < 4.78 is 4.30. The molecule has 1 aromatic carbocycles. The van der Waals surface area contributed by atoms with Gasteiger partial charge < -0.3 is 10.1 Å². The van der Waals surface area contributed by atoms with Gasteiger partial charge in [-0.3, -0.25) is 4.79 Å². The molecule has 0 saturated heterocycles. The van der Waals surface area contributed by atoms with Crippen molar-refractivity contribution < 1.29 is 14.3 Å². The average Bonchev–Trinajstić information content (AvgIpc) is 2.35. The lowest BCUT2D eigenvalue weighted by Gasteiger charge is -2.07. The summed E-state index contributed by atoms with van der Waals surface area (Å²) in [6.45, 7) is 4.56. The highest BCUT2D eigenvalue weighted by molar-refractivity contribution is 6.32. The number of hydrogen-bond donors (Lipinski definition) is 1. The van der Waals surface area contributed by atoms with E-state index < -0.39 is 11.9 Å². The zero-order valence-electron chi connectivity index (χ0n) is 10.3. The Morgan fingerprint density at radius 3 is 2.29 bits per heavy atom. The molecule has 0 atom stereocenters. The number of ether oxygens (including phenoxy) is 1. The smallest absolute Gasteiger partial charge is 0.396 e. The second-order valence-electron chi connectivity index (χ2n) is 4.07. The van der Waals surface area contributed by atoms with Crippen molar-refractivity contribution in [1.82, 2.24) is 5.32 Å². The van der Waals surface area contributed by atoms with Crippen LogP contribution in [0.3, 0.4) is 0 Å². The number of amides is 1. The van der Waals surface area contributed by atoms with Crippen LogP contribution >= 0.6 is 0 Å². The molecule has 1 aromatic rings. The SMILES string of the molecule is COC(=O)C(=O)NCc1ccc(C(C)C)cc1. The van der Waals surface area contributed by atoms with Gasteiger partial charge in [-0.15, -0.1) is 0 Å². The first-order valence-corrected chi connectivity index (χ1v) is 5.49. The van der Waals surface area contributed by atoms with Gasteiger partial charge in [0.2, 0.25) is 0 Å². The van der Waals surface area contributed by atoms with Crippen LogP contribution in [0.4, 0.5) is 0 Å². The Hall–Kier alpha value is -1.84. The molecule has 4 nitrogen and oxygen atoms in total. The third kappa shape index (κ3) is 3.90. The van der Waals surface area contributed by atoms with Crippen LogP contribution in [0, 0.1) is 0 Å². The maximum absolute atomic E-state index is 11.1. The van der Waals surface area contributed by atoms with Crippen molar-refractivity contribution >= 4 is 11.9 Å². The average molecular weight is 235 g/mol. The van der Waals surface area contributed by atoms with Gasteiger partial charge in [0, 0.05) is 6.54 Å². The number of benzene rings is 1. The highest BCUT2D eigenvalue weighted by Crippen LogP contribution is 2.14. The van der Waals surface area contributed by atoms with E-state index in [9.17, 15) is 9.59 Å². The van der Waals surface area contributed by atoms with Gasteiger partial charge >= 0.3 is 11.9 Å². The van der Waals surface area contributed by atoms with E-state index in [0.29, 0.717) is 12.5 Å². The second-order valence-corrected chi connectivity index (χ2v) is 4.07. The molecule has 0 bridgehead atoms. The van der Waals surface area contributed by atoms with Crippen LogP contribution in [-0.4, -0.2) is 19.0 Å². The van der Waals surface area contributed by atoms with E-state index in [1.165, 1.54) is 12.7 Å². The molecule has 4 heteroatoms. The van der Waals surface area contributed by atoms with Crippen LogP contribution in [-0.2, 0) is 20.9 Å². The van der Waals surface area contributed by atoms with Crippen molar-refractivity contribution in [3.63, 3.8) is 0 Å². The zero-order chi connectivity index (χ0) is 12.8. The Balaban J connectivity index is 2.53. The summed E-state index contributed by atoms with van der Waals surface area (Å²) in [6.07, 6.45) is 0. The van der Waals surface area contributed by atoms with Gasteiger partial charge in [-0.25, -0.2) is 4.79 Å². The standard InChI is InChI=1S/C13H17NO3/c1-9(2)11-6-4-10(5-7-11)8-14-12(15)13(16)17-3/h4-7,9H,8H2,1-3H3,(H,14,15). The number of carbonyl (C=O) groups excluding carboxylic acids is 2. The van der Waals surface area contributed by atoms with Crippen molar-refractivity contribution in [2.75, 3.05) is 7.11 Å². The van der Waals surface area contributed by atoms with Gasteiger partial charge in [0.15, 0.2) is 0 Å². The first-order valence-electron chi connectivity index (χ1n) is 5.49. The molecule has 92 valence electrons. The summed E-state index contributed by atoms with van der Waals surface area (Å²) in [6, 6.07) is 7.91. The summed E-state index contributed by atoms with van der Waals surface area (Å²) in [5, 5.41) is 2.48. The predicted molar refractivity (Wildman–Crippen MR) is 64.4 cm³/mol. The van der Waals surface area contributed by atoms with E-state index in [-0.39, 0.29) is 0 Å². The van der Waals surface area contributed by atoms with E-state index in [1.54, 1.807) is 0 Å². The van der Waals surface area contributed by atoms with E-state index >= 15 is 0 Å². The third-order valence-corrected chi connectivity index (χ3v) is 2.47. The number of rotatable bonds is 3. The topological polar surface area (TPSA) is 55.4 Å². The van der Waals surface area contributed by atoms with Crippen LogP contribution in [0.15, 0.2) is 24.3 Å². The molecule has 0 unspecified atom stereocenters. The van der Waals surface area contributed by atoms with Crippen LogP contribution in [0.25, 0.3) is 0 Å². The maximum atomic E-state index is 11.1. The van der Waals surface area contributed by atoms with E-state index in [4.69, 9.17) is 0 Å². The van der Waals surface area contributed by atoms with Crippen LogP contribution in [0.2, 0.25) is 0 Å². The number of esters is 1. The molecule has 0 heterocycles. The molecule has 1 amide bonds. The predicted octanol–water partition coefficient (Wildman–Crippen LogP) is 1.60. The van der Waals surface area contributed by atoms with Gasteiger partial charge in [0.1, 0.15) is 0 Å². The molecule has 0 spiro atoms. The second kappa shape index (κ2) is 6.03. The van der Waals surface area contributed by atoms with Gasteiger partial charge in [-0.05, 0) is 17.0 Å². The van der Waals surface area contributed by atoms with Crippen molar-refractivity contribution in [3.8, 4) is 0 Å². The summed E-state index contributed by atoms with van der Waals surface area (Å²) in [5.74, 6) is -1.11. The fraction of sp³-hybridized carbons (Fsp3) is 0.385. The Kier molecular flexibility index (Phi) is 4.69. The normalized spacial score (nSPS) is 10.1. The van der Waals surface area contributed by atoms with E-state index in [2.05, 4.69) is 23.9 Å². The Morgan fingerprint density at radius 1 is 1.24 bits per heavy atom. The van der Waals surface area contributed by atoms with Gasteiger partial charge in [-0.2, -0.15) is 0 Å². The molecule has 1 rings (SSSR count). The summed E-state index contributed by atoms with van der Waals surface area (Å²) in [4.78, 5) is 22.0. The number of nitrogens with one attached hydrogen (secondary N) is 1. The monoisotopic (exact) mass is 235 g/mol. The molecule has 0 saturated carbocycles. The van der Waals surface area contributed by atoms with Crippen molar-refractivity contribution in [3.05, 3.63) is 35.4 Å². The molecule has 17 heavy (non-hydrogen) atoms. The minimum atomic E-state index is -0.871. The number of methoxy groups -OCH3 is 1. The molecule has 0 radical (unpaired) electrons. The Morgan fingerprint density at radius 2 is 1.82 bits per heavy atom. The lowest BCUT2D eigenvalue weighted by molar-refractivity contribution is -0.152. The molecule has 0 aliphatic rings. The molecule has 1 N–H and O–H groups in total. The molecular formula is C13H17NO3. The number of carbonyl (C=O) groups is 2. The maximum Gasteiger partial charge on any atom is 0.396 e. The molecule has 0 aliphatic carbocycles. The van der Waals surface area contributed by atoms with Crippen LogP contribution < -0.4 is 5.32 Å². The fourth-order valence-corrected chi connectivity index (χ4v) is 1.37. The van der Waals surface area contributed by atoms with Crippen LogP contribution in [0.1, 0.15) is 30.9 Å².